The molecule has 4 atom stereocenters. The van der Waals surface area contributed by atoms with Gasteiger partial charge in [-0.05, 0) is 70.7 Å². The van der Waals surface area contributed by atoms with Gasteiger partial charge in [0.15, 0.2) is 5.82 Å². The van der Waals surface area contributed by atoms with Gasteiger partial charge < -0.3 is 15.0 Å². The number of hydrogen-bond acceptors (Lipinski definition) is 6. The molecular formula is C28H36N6O2. The topological polar surface area (TPSA) is 108 Å². The Labute approximate surface area is 212 Å². The molecule has 1 aromatic carbocycles. The van der Waals surface area contributed by atoms with Crippen molar-refractivity contribution in [3.8, 4) is 6.07 Å². The number of nitrogens with one attached hydrogen (secondary N) is 3. The fourth-order valence-corrected chi connectivity index (χ4v) is 5.89. The Balaban J connectivity index is 1.39. The molecule has 1 spiro atoms. The summed E-state index contributed by atoms with van der Waals surface area (Å²) in [4.78, 5) is 15.7. The third kappa shape index (κ3) is 4.78. The molecule has 8 heteroatoms. The van der Waals surface area contributed by atoms with Crippen molar-refractivity contribution in [2.24, 2.45) is 11.3 Å². The van der Waals surface area contributed by atoms with Crippen molar-refractivity contribution in [2.75, 3.05) is 5.32 Å². The Hall–Kier alpha value is -3.15. The molecule has 2 saturated carbocycles. The second kappa shape index (κ2) is 9.38. The quantitative estimate of drug-likeness (QED) is 0.386. The predicted octanol–water partition coefficient (Wildman–Crippen LogP) is 5.36. The van der Waals surface area contributed by atoms with Crippen LogP contribution in [0.4, 0.5) is 11.5 Å². The lowest BCUT2D eigenvalue weighted by atomic mass is 9.76. The van der Waals surface area contributed by atoms with E-state index in [1.54, 1.807) is 6.20 Å². The molecule has 2 aliphatic carbocycles. The van der Waals surface area contributed by atoms with Crippen LogP contribution in [0.25, 0.3) is 10.9 Å². The number of fused-ring (bicyclic) bond motifs is 1. The highest BCUT2D eigenvalue weighted by Gasteiger charge is 2.61. The maximum atomic E-state index is 12.9. The maximum Gasteiger partial charge on any atom is 0.261 e. The zero-order valence-corrected chi connectivity index (χ0v) is 21.6. The largest absolute Gasteiger partial charge is 0.358 e. The number of benzene rings is 1. The standard InChI is InChI=1S/C28H36N6O2/c1-18(36-27(2,3)4)31-17-19-8-7-10-21(14-19)32-25-24-22(11-13-30-26(24)35)34(33-25)23-15-28(23)12-6-5-9-20(28)16-29/h7-8,10-11,13-14,18,20,23,31H,5-6,9,12,15,17H2,1-4H3,(H,30,35)(H,32,33)/t18?,20-,23?,28?/m1/s1. The van der Waals surface area contributed by atoms with Gasteiger partial charge in [-0.15, -0.1) is 0 Å². The lowest BCUT2D eigenvalue weighted by molar-refractivity contribution is -0.0663. The molecule has 36 heavy (non-hydrogen) atoms. The summed E-state index contributed by atoms with van der Waals surface area (Å²) in [7, 11) is 0. The summed E-state index contributed by atoms with van der Waals surface area (Å²) < 4.78 is 7.94. The molecule has 0 saturated heterocycles. The van der Waals surface area contributed by atoms with E-state index in [1.165, 1.54) is 0 Å². The zero-order valence-electron chi connectivity index (χ0n) is 21.6. The van der Waals surface area contributed by atoms with Gasteiger partial charge in [0.25, 0.3) is 5.56 Å². The summed E-state index contributed by atoms with van der Waals surface area (Å²) >= 11 is 0. The van der Waals surface area contributed by atoms with E-state index >= 15 is 0 Å². The molecule has 3 N–H and O–H groups in total. The van der Waals surface area contributed by atoms with E-state index in [0.717, 1.165) is 48.9 Å². The van der Waals surface area contributed by atoms with E-state index in [1.807, 2.05) is 50.6 Å². The van der Waals surface area contributed by atoms with Crippen LogP contribution in [-0.2, 0) is 11.3 Å². The van der Waals surface area contributed by atoms with Crippen LogP contribution in [0.1, 0.15) is 71.4 Å². The van der Waals surface area contributed by atoms with Gasteiger partial charge in [0.1, 0.15) is 11.6 Å². The Morgan fingerprint density at radius 2 is 2.17 bits per heavy atom. The first-order chi connectivity index (χ1) is 17.2. The van der Waals surface area contributed by atoms with Crippen LogP contribution in [0.5, 0.6) is 0 Å². The van der Waals surface area contributed by atoms with Gasteiger partial charge in [0.05, 0.1) is 29.1 Å². The molecule has 2 fully saturated rings. The van der Waals surface area contributed by atoms with Crippen LogP contribution in [0, 0.1) is 22.7 Å². The van der Waals surface area contributed by atoms with E-state index in [2.05, 4.69) is 33.8 Å². The number of nitrogens with zero attached hydrogens (tertiary/aromatic N) is 3. The van der Waals surface area contributed by atoms with Gasteiger partial charge >= 0.3 is 0 Å². The van der Waals surface area contributed by atoms with Crippen molar-refractivity contribution in [1.82, 2.24) is 20.1 Å². The van der Waals surface area contributed by atoms with Crippen LogP contribution in [0.15, 0.2) is 41.3 Å². The number of hydrogen-bond donors (Lipinski definition) is 3. The average molecular weight is 489 g/mol. The predicted molar refractivity (Wildman–Crippen MR) is 141 cm³/mol. The molecule has 0 aliphatic heterocycles. The molecule has 0 amide bonds. The summed E-state index contributed by atoms with van der Waals surface area (Å²) in [5.74, 6) is 0.607. The minimum absolute atomic E-state index is 0.0107. The number of ether oxygens (including phenoxy) is 1. The summed E-state index contributed by atoms with van der Waals surface area (Å²) in [5.41, 5.74) is 2.39. The van der Waals surface area contributed by atoms with Gasteiger partial charge in [0, 0.05) is 23.8 Å². The monoisotopic (exact) mass is 488 g/mol. The molecule has 3 unspecified atom stereocenters. The van der Waals surface area contributed by atoms with E-state index < -0.39 is 0 Å². The summed E-state index contributed by atoms with van der Waals surface area (Å²) in [6.07, 6.45) is 6.82. The number of aromatic amines is 1. The smallest absolute Gasteiger partial charge is 0.261 e. The highest BCUT2D eigenvalue weighted by Crippen LogP contribution is 2.67. The fourth-order valence-electron chi connectivity index (χ4n) is 5.89. The number of nitriles is 1. The molecule has 5 rings (SSSR count). The minimum Gasteiger partial charge on any atom is -0.358 e. The third-order valence-electron chi connectivity index (χ3n) is 7.55. The molecule has 0 bridgehead atoms. The number of rotatable bonds is 7. The highest BCUT2D eigenvalue weighted by atomic mass is 16.5. The van der Waals surface area contributed by atoms with Crippen molar-refractivity contribution < 1.29 is 4.74 Å². The average Bonchev–Trinajstić information content (AvgIpc) is 3.40. The summed E-state index contributed by atoms with van der Waals surface area (Å²) in [6.45, 7) is 8.78. The fraction of sp³-hybridized carbons (Fsp3) is 0.536. The van der Waals surface area contributed by atoms with E-state index in [0.29, 0.717) is 17.7 Å². The van der Waals surface area contributed by atoms with Crippen LogP contribution in [0.3, 0.4) is 0 Å². The molecule has 2 aromatic heterocycles. The maximum absolute atomic E-state index is 12.9. The molecule has 0 radical (unpaired) electrons. The van der Waals surface area contributed by atoms with Crippen molar-refractivity contribution in [3.63, 3.8) is 0 Å². The molecule has 2 heterocycles. The van der Waals surface area contributed by atoms with Crippen LogP contribution in [0.2, 0.25) is 0 Å². The molecular weight excluding hydrogens is 452 g/mol. The van der Waals surface area contributed by atoms with E-state index in [-0.39, 0.29) is 34.8 Å². The lowest BCUT2D eigenvalue weighted by Crippen LogP contribution is -2.35. The number of aromatic nitrogens is 3. The van der Waals surface area contributed by atoms with Gasteiger partial charge in [-0.3, -0.25) is 14.8 Å². The Morgan fingerprint density at radius 1 is 1.33 bits per heavy atom. The second-order valence-electron chi connectivity index (χ2n) is 11.3. The van der Waals surface area contributed by atoms with Crippen LogP contribution < -0.4 is 16.2 Å². The molecule has 3 aromatic rings. The number of pyridine rings is 1. The van der Waals surface area contributed by atoms with Gasteiger partial charge in [0.2, 0.25) is 0 Å². The number of H-pyrrole nitrogens is 1. The van der Waals surface area contributed by atoms with Crippen LogP contribution in [-0.4, -0.2) is 26.6 Å². The highest BCUT2D eigenvalue weighted by molar-refractivity contribution is 5.91. The Kier molecular flexibility index (Phi) is 6.39. The van der Waals surface area contributed by atoms with Crippen molar-refractivity contribution in [1.29, 1.82) is 5.26 Å². The SMILES string of the molecule is CC(NCc1cccc(Nc2nn(C3CC34CCCC[C@@H]4C#N)c3cc[nH]c(=O)c23)c1)OC(C)(C)C. The second-order valence-corrected chi connectivity index (χ2v) is 11.3. The Bertz CT molecular complexity index is 1350. The van der Waals surface area contributed by atoms with Crippen molar-refractivity contribution in [2.45, 2.75) is 84.2 Å². The van der Waals surface area contributed by atoms with E-state index in [9.17, 15) is 10.1 Å². The lowest BCUT2D eigenvalue weighted by Gasteiger charge is -2.27. The normalized spacial score (nSPS) is 24.5. The molecule has 190 valence electrons. The van der Waals surface area contributed by atoms with Gasteiger partial charge in [-0.2, -0.15) is 10.4 Å². The molecule has 2 aliphatic rings. The summed E-state index contributed by atoms with van der Waals surface area (Å²) in [6, 6.07) is 12.7. The third-order valence-corrected chi connectivity index (χ3v) is 7.55. The first-order valence-electron chi connectivity index (χ1n) is 13.0. The first-order valence-corrected chi connectivity index (χ1v) is 13.0. The van der Waals surface area contributed by atoms with Gasteiger partial charge in [-0.1, -0.05) is 25.0 Å². The van der Waals surface area contributed by atoms with E-state index in [4.69, 9.17) is 9.84 Å². The van der Waals surface area contributed by atoms with Crippen molar-refractivity contribution >= 4 is 22.4 Å². The minimum atomic E-state index is -0.215. The molecule has 8 nitrogen and oxygen atoms in total. The van der Waals surface area contributed by atoms with Crippen LogP contribution >= 0.6 is 0 Å². The van der Waals surface area contributed by atoms with Gasteiger partial charge in [-0.25, -0.2) is 0 Å². The number of anilines is 2. The summed E-state index contributed by atoms with van der Waals surface area (Å²) in [5, 5.41) is 22.1. The Morgan fingerprint density at radius 3 is 2.94 bits per heavy atom. The zero-order chi connectivity index (χ0) is 25.5. The first kappa shape index (κ1) is 24.5. The van der Waals surface area contributed by atoms with Crippen molar-refractivity contribution in [3.05, 3.63) is 52.4 Å².